The molecule has 1 heterocycles. The van der Waals surface area contributed by atoms with Gasteiger partial charge in [-0.2, -0.15) is 8.42 Å². The summed E-state index contributed by atoms with van der Waals surface area (Å²) in [5.41, 5.74) is 0. The van der Waals surface area contributed by atoms with E-state index in [-0.39, 0.29) is 6.67 Å². The van der Waals surface area contributed by atoms with E-state index >= 15 is 0 Å². The van der Waals surface area contributed by atoms with Crippen molar-refractivity contribution < 1.29 is 16.8 Å². The molecule has 0 bridgehead atoms. The maximum absolute atomic E-state index is 12.3. The van der Waals surface area contributed by atoms with Crippen LogP contribution in [0, 0.1) is 0 Å². The van der Waals surface area contributed by atoms with Gasteiger partial charge in [0.05, 0.1) is 19.6 Å². The minimum Gasteiger partial charge on any atom is -0.310 e. The summed E-state index contributed by atoms with van der Waals surface area (Å²) in [6.07, 6.45) is 3.20. The summed E-state index contributed by atoms with van der Waals surface area (Å²) in [6, 6.07) is 0. The third-order valence-corrected chi connectivity index (χ3v) is 3.26. The summed E-state index contributed by atoms with van der Waals surface area (Å²) >= 11 is 0. The Bertz CT molecular complexity index is 273. The van der Waals surface area contributed by atoms with Crippen LogP contribution in [0.2, 0.25) is 0 Å². The molecule has 14 heavy (non-hydrogen) atoms. The number of rotatable bonds is 5. The van der Waals surface area contributed by atoms with Crippen molar-refractivity contribution in [2.45, 2.75) is 26.2 Å². The highest BCUT2D eigenvalue weighted by molar-refractivity contribution is 7.84. The quantitative estimate of drug-likeness (QED) is 0.555. The maximum atomic E-state index is 12.3. The Hall–Kier alpha value is -0.200. The van der Waals surface area contributed by atoms with Gasteiger partial charge in [-0.05, 0) is 6.42 Å². The molecule has 0 aliphatic carbocycles. The van der Waals surface area contributed by atoms with Gasteiger partial charge in [0.1, 0.15) is 6.67 Å². The van der Waals surface area contributed by atoms with Crippen molar-refractivity contribution >= 4 is 10.4 Å². The molecule has 6 heteroatoms. The largest absolute Gasteiger partial charge is 0.376 e. The Labute approximate surface area is 85.0 Å². The summed E-state index contributed by atoms with van der Waals surface area (Å²) in [5, 5.41) is 0. The van der Waals surface area contributed by atoms with Crippen LogP contribution in [0.3, 0.4) is 0 Å². The Morgan fingerprint density at radius 3 is 2.36 bits per heavy atom. The Morgan fingerprint density at radius 1 is 1.36 bits per heavy atom. The van der Waals surface area contributed by atoms with Crippen LogP contribution in [0.25, 0.3) is 0 Å². The summed E-state index contributed by atoms with van der Waals surface area (Å²) in [4.78, 5) is 0. The van der Waals surface area contributed by atoms with Crippen LogP contribution in [-0.2, 0) is 10.4 Å². The molecule has 1 rings (SSSR count). The smallest absolute Gasteiger partial charge is 0.310 e. The van der Waals surface area contributed by atoms with Crippen LogP contribution in [-0.4, -0.2) is 39.2 Å². The first-order valence-corrected chi connectivity index (χ1v) is 6.40. The van der Waals surface area contributed by atoms with Crippen LogP contribution in [0.5, 0.6) is 0 Å². The number of halogens is 1. The Balaban J connectivity index is 2.52. The molecule has 1 saturated heterocycles. The second kappa shape index (κ2) is 4.55. The molecule has 0 aromatic carbocycles. The lowest BCUT2D eigenvalue weighted by atomic mass is 10.3. The minimum atomic E-state index is -4.53. The minimum absolute atomic E-state index is 0.201. The molecule has 1 fully saturated rings. The van der Waals surface area contributed by atoms with E-state index in [0.717, 1.165) is 38.9 Å². The monoisotopic (exact) mass is 225 g/mol. The van der Waals surface area contributed by atoms with Crippen LogP contribution in [0.1, 0.15) is 26.2 Å². The molecule has 0 atom stereocenters. The molecule has 1 aliphatic heterocycles. The van der Waals surface area contributed by atoms with Gasteiger partial charge >= 0.3 is 10.4 Å². The van der Waals surface area contributed by atoms with Crippen LogP contribution >= 0.6 is 0 Å². The first kappa shape index (κ1) is 11.9. The molecule has 84 valence electrons. The molecule has 0 aromatic heterocycles. The van der Waals surface area contributed by atoms with Gasteiger partial charge in [0.15, 0.2) is 0 Å². The number of hydrogen-bond acceptors (Lipinski definition) is 2. The van der Waals surface area contributed by atoms with E-state index in [0.29, 0.717) is 4.48 Å². The zero-order valence-corrected chi connectivity index (χ0v) is 9.32. The number of likely N-dealkylation sites (tertiary alicyclic amines) is 1. The average Bonchev–Trinajstić information content (AvgIpc) is 2.50. The number of quaternary nitrogens is 1. The summed E-state index contributed by atoms with van der Waals surface area (Å²) in [6.45, 7) is 5.09. The highest BCUT2D eigenvalue weighted by Gasteiger charge is 2.31. The zero-order chi connectivity index (χ0) is 10.7. The fourth-order valence-corrected chi connectivity index (χ4v) is 2.58. The molecule has 4 nitrogen and oxygen atoms in total. The lowest BCUT2D eigenvalue weighted by molar-refractivity contribution is -0.918. The predicted molar refractivity (Wildman–Crippen MR) is 52.4 cm³/mol. The molecule has 1 aliphatic rings. The second-order valence-corrected chi connectivity index (χ2v) is 5.12. The molecule has 0 saturated carbocycles. The lowest BCUT2D eigenvalue weighted by Gasteiger charge is -2.33. The molecule has 0 spiro atoms. The molecule has 1 N–H and O–H groups in total. The molecule has 0 amide bonds. The highest BCUT2D eigenvalue weighted by atomic mass is 32.3. The third kappa shape index (κ3) is 3.51. The van der Waals surface area contributed by atoms with Crippen molar-refractivity contribution in [1.29, 1.82) is 0 Å². The van der Waals surface area contributed by atoms with Gasteiger partial charge in [-0.15, -0.1) is 4.72 Å². The Morgan fingerprint density at radius 2 is 1.93 bits per heavy atom. The van der Waals surface area contributed by atoms with E-state index < -0.39 is 10.4 Å². The summed E-state index contributed by atoms with van der Waals surface area (Å²) in [5.74, 6) is 0. The van der Waals surface area contributed by atoms with Gasteiger partial charge in [-0.25, -0.2) is 0 Å². The van der Waals surface area contributed by atoms with Crippen molar-refractivity contribution in [3.05, 3.63) is 0 Å². The van der Waals surface area contributed by atoms with Crippen LogP contribution in [0.15, 0.2) is 0 Å². The summed E-state index contributed by atoms with van der Waals surface area (Å²) in [7, 11) is -4.53. The number of hydrogen-bond donors (Lipinski definition) is 1. The molecule has 0 aromatic rings. The topological polar surface area (TPSA) is 46.2 Å². The second-order valence-electron chi connectivity index (χ2n) is 3.96. The fraction of sp³-hybridized carbons (Fsp3) is 1.00. The lowest BCUT2D eigenvalue weighted by Crippen LogP contribution is -2.52. The number of nitrogens with zero attached hydrogens (tertiary/aromatic N) is 1. The van der Waals surface area contributed by atoms with E-state index in [1.165, 1.54) is 0 Å². The van der Waals surface area contributed by atoms with Crippen molar-refractivity contribution in [3.8, 4) is 0 Å². The highest BCUT2D eigenvalue weighted by Crippen LogP contribution is 2.18. The van der Waals surface area contributed by atoms with E-state index in [4.69, 9.17) is 0 Å². The molecular weight excluding hydrogens is 207 g/mol. The van der Waals surface area contributed by atoms with Crippen molar-refractivity contribution in [1.82, 2.24) is 4.72 Å². The van der Waals surface area contributed by atoms with Gasteiger partial charge in [-0.3, -0.25) is 0 Å². The van der Waals surface area contributed by atoms with E-state index in [1.54, 1.807) is 0 Å². The first-order chi connectivity index (χ1) is 6.47. The van der Waals surface area contributed by atoms with Gasteiger partial charge in [0.2, 0.25) is 0 Å². The standard InChI is InChI=1S/C8H18FN2O2S/c1-2-5-11(6-3-4-7-11)8-10-14(9,12)13/h10H,2-8H2,1H3/q+1. The predicted octanol–water partition coefficient (Wildman–Crippen LogP) is 0.768. The molecule has 0 unspecified atom stereocenters. The first-order valence-electron chi connectivity index (χ1n) is 5.02. The fourth-order valence-electron chi connectivity index (χ4n) is 2.16. The van der Waals surface area contributed by atoms with Gasteiger partial charge in [0.25, 0.3) is 0 Å². The third-order valence-electron chi connectivity index (χ3n) is 2.79. The average molecular weight is 225 g/mol. The van der Waals surface area contributed by atoms with E-state index in [9.17, 15) is 12.3 Å². The SMILES string of the molecule is CCC[N+]1(CNS(=O)(=O)F)CCCC1. The van der Waals surface area contributed by atoms with Gasteiger partial charge in [-0.1, -0.05) is 10.8 Å². The van der Waals surface area contributed by atoms with Gasteiger partial charge in [0, 0.05) is 12.8 Å². The zero-order valence-electron chi connectivity index (χ0n) is 8.50. The molecule has 0 radical (unpaired) electrons. The normalized spacial score (nSPS) is 21.3. The maximum Gasteiger partial charge on any atom is 0.376 e. The summed E-state index contributed by atoms with van der Waals surface area (Å²) < 4.78 is 35.7. The van der Waals surface area contributed by atoms with E-state index in [1.807, 2.05) is 4.72 Å². The van der Waals surface area contributed by atoms with E-state index in [2.05, 4.69) is 6.92 Å². The van der Waals surface area contributed by atoms with Crippen molar-refractivity contribution in [2.75, 3.05) is 26.3 Å². The van der Waals surface area contributed by atoms with Gasteiger partial charge < -0.3 is 4.48 Å². The molecular formula is C8H18FN2O2S+. The number of nitrogens with one attached hydrogen (secondary N) is 1. The Kier molecular flexibility index (Phi) is 3.86. The van der Waals surface area contributed by atoms with Crippen LogP contribution < -0.4 is 4.72 Å². The van der Waals surface area contributed by atoms with Crippen molar-refractivity contribution in [3.63, 3.8) is 0 Å². The van der Waals surface area contributed by atoms with Crippen LogP contribution in [0.4, 0.5) is 3.89 Å². The van der Waals surface area contributed by atoms with Crippen molar-refractivity contribution in [2.24, 2.45) is 0 Å².